The van der Waals surface area contributed by atoms with Crippen LogP contribution in [-0.2, 0) is 4.74 Å². The summed E-state index contributed by atoms with van der Waals surface area (Å²) < 4.78 is 5.06. The highest BCUT2D eigenvalue weighted by Gasteiger charge is 1.94. The number of hydrogen-bond donors (Lipinski definition) is 1. The van der Waals surface area contributed by atoms with Gasteiger partial charge in [-0.15, -0.1) is 0 Å². The number of hydrogen-bond acceptors (Lipinski definition) is 3. The Bertz CT molecular complexity index is 128. The summed E-state index contributed by atoms with van der Waals surface area (Å²) in [6, 6.07) is 0. The molecule has 0 bridgehead atoms. The summed E-state index contributed by atoms with van der Waals surface area (Å²) in [4.78, 5) is 2.14. The van der Waals surface area contributed by atoms with E-state index >= 15 is 0 Å². The lowest BCUT2D eigenvalue weighted by molar-refractivity contribution is 0.318. The summed E-state index contributed by atoms with van der Waals surface area (Å²) in [5.74, 6) is 0. The molecule has 0 spiro atoms. The Balaban J connectivity index is 3.14. The van der Waals surface area contributed by atoms with E-state index in [4.69, 9.17) is 17.0 Å². The van der Waals surface area contributed by atoms with Crippen LogP contribution in [0.4, 0.5) is 0 Å². The summed E-state index contributed by atoms with van der Waals surface area (Å²) in [5, 5.41) is 3.53. The quantitative estimate of drug-likeness (QED) is 0.513. The third-order valence-electron chi connectivity index (χ3n) is 1.33. The largest absolute Gasteiger partial charge is 0.471 e. The Morgan fingerprint density at radius 3 is 2.67 bits per heavy atom. The second-order valence-corrected chi connectivity index (χ2v) is 3.17. The molecule has 0 amide bonds. The predicted molar refractivity (Wildman–Crippen MR) is 55.4 cm³/mol. The van der Waals surface area contributed by atoms with E-state index in [1.807, 2.05) is 6.92 Å². The van der Waals surface area contributed by atoms with Crippen molar-refractivity contribution in [1.82, 2.24) is 10.2 Å². The van der Waals surface area contributed by atoms with Crippen LogP contribution in [0, 0.1) is 0 Å². The van der Waals surface area contributed by atoms with E-state index in [1.54, 1.807) is 0 Å². The minimum atomic E-state index is 0.510. The fourth-order valence-electron chi connectivity index (χ4n) is 0.768. The second-order valence-electron chi connectivity index (χ2n) is 2.80. The molecule has 12 heavy (non-hydrogen) atoms. The topological polar surface area (TPSA) is 24.5 Å². The van der Waals surface area contributed by atoms with Crippen molar-refractivity contribution < 1.29 is 4.74 Å². The van der Waals surface area contributed by atoms with Crippen molar-refractivity contribution in [1.29, 1.82) is 0 Å². The van der Waals surface area contributed by atoms with E-state index in [2.05, 4.69) is 24.3 Å². The van der Waals surface area contributed by atoms with Gasteiger partial charge < -0.3 is 15.0 Å². The van der Waals surface area contributed by atoms with Gasteiger partial charge in [-0.25, -0.2) is 0 Å². The minimum absolute atomic E-state index is 0.510. The van der Waals surface area contributed by atoms with Crippen LogP contribution in [-0.4, -0.2) is 43.9 Å². The first kappa shape index (κ1) is 11.6. The lowest BCUT2D eigenvalue weighted by atomic mass is 10.4. The van der Waals surface area contributed by atoms with Crippen LogP contribution in [0.1, 0.15) is 13.3 Å². The van der Waals surface area contributed by atoms with Gasteiger partial charge in [0, 0.05) is 6.54 Å². The molecular formula is C8H18N2OS. The monoisotopic (exact) mass is 190 g/mol. The number of thiocarbonyl (C=S) groups is 1. The maximum absolute atomic E-state index is 5.06. The van der Waals surface area contributed by atoms with E-state index in [9.17, 15) is 0 Å². The van der Waals surface area contributed by atoms with Crippen molar-refractivity contribution in [2.75, 3.05) is 33.8 Å². The number of nitrogens with one attached hydrogen (secondary N) is 1. The standard InChI is InChI=1S/C8H18N2OS/c1-4-11-8(12)9-6-5-7-10(2)3/h4-7H2,1-3H3,(H,9,12). The van der Waals surface area contributed by atoms with Gasteiger partial charge in [0.2, 0.25) is 0 Å². The van der Waals surface area contributed by atoms with Gasteiger partial charge in [0.05, 0.1) is 6.61 Å². The lowest BCUT2D eigenvalue weighted by Crippen LogP contribution is -2.27. The number of rotatable bonds is 5. The van der Waals surface area contributed by atoms with Crippen molar-refractivity contribution in [3.05, 3.63) is 0 Å². The van der Waals surface area contributed by atoms with Gasteiger partial charge in [0.25, 0.3) is 5.17 Å². The first-order chi connectivity index (χ1) is 5.66. The zero-order chi connectivity index (χ0) is 9.40. The van der Waals surface area contributed by atoms with Crippen LogP contribution >= 0.6 is 12.2 Å². The molecule has 0 saturated heterocycles. The maximum Gasteiger partial charge on any atom is 0.256 e. The Morgan fingerprint density at radius 1 is 1.50 bits per heavy atom. The van der Waals surface area contributed by atoms with Crippen molar-refractivity contribution in [2.24, 2.45) is 0 Å². The molecule has 0 aliphatic rings. The first-order valence-electron chi connectivity index (χ1n) is 4.22. The predicted octanol–water partition coefficient (Wildman–Crippen LogP) is 0.849. The molecule has 3 nitrogen and oxygen atoms in total. The highest BCUT2D eigenvalue weighted by atomic mass is 32.1. The Hall–Kier alpha value is -0.350. The Labute approximate surface area is 80.1 Å². The van der Waals surface area contributed by atoms with Crippen LogP contribution < -0.4 is 5.32 Å². The van der Waals surface area contributed by atoms with Gasteiger partial charge in [-0.2, -0.15) is 0 Å². The highest BCUT2D eigenvalue weighted by molar-refractivity contribution is 7.80. The number of nitrogens with zero attached hydrogens (tertiary/aromatic N) is 1. The molecule has 0 atom stereocenters. The van der Waals surface area contributed by atoms with Gasteiger partial charge in [0.1, 0.15) is 0 Å². The summed E-state index contributed by atoms with van der Waals surface area (Å²) in [6.45, 7) is 4.52. The fraction of sp³-hybridized carbons (Fsp3) is 0.875. The fourth-order valence-corrected chi connectivity index (χ4v) is 0.988. The third-order valence-corrected chi connectivity index (χ3v) is 1.59. The van der Waals surface area contributed by atoms with Crippen molar-refractivity contribution >= 4 is 17.4 Å². The molecule has 0 fully saturated rings. The van der Waals surface area contributed by atoms with Gasteiger partial charge in [-0.05, 0) is 46.2 Å². The van der Waals surface area contributed by atoms with Crippen molar-refractivity contribution in [3.8, 4) is 0 Å². The summed E-state index contributed by atoms with van der Waals surface area (Å²) in [6.07, 6.45) is 1.08. The molecule has 0 aromatic rings. The molecular weight excluding hydrogens is 172 g/mol. The van der Waals surface area contributed by atoms with E-state index in [0.717, 1.165) is 19.5 Å². The smallest absolute Gasteiger partial charge is 0.256 e. The minimum Gasteiger partial charge on any atom is -0.471 e. The van der Waals surface area contributed by atoms with Gasteiger partial charge in [-0.3, -0.25) is 0 Å². The van der Waals surface area contributed by atoms with Gasteiger partial charge >= 0.3 is 0 Å². The van der Waals surface area contributed by atoms with Crippen LogP contribution in [0.5, 0.6) is 0 Å². The molecule has 0 saturated carbocycles. The number of ether oxygens (including phenoxy) is 1. The average molecular weight is 190 g/mol. The van der Waals surface area contributed by atoms with Crippen molar-refractivity contribution in [2.45, 2.75) is 13.3 Å². The van der Waals surface area contributed by atoms with E-state index in [1.165, 1.54) is 0 Å². The Morgan fingerprint density at radius 2 is 2.17 bits per heavy atom. The zero-order valence-corrected chi connectivity index (χ0v) is 8.91. The molecule has 4 heteroatoms. The summed E-state index contributed by atoms with van der Waals surface area (Å²) >= 11 is 4.89. The normalized spacial score (nSPS) is 10.0. The first-order valence-corrected chi connectivity index (χ1v) is 4.63. The zero-order valence-electron chi connectivity index (χ0n) is 8.09. The van der Waals surface area contributed by atoms with Gasteiger partial charge in [-0.1, -0.05) is 0 Å². The molecule has 0 aliphatic carbocycles. The molecule has 72 valence electrons. The molecule has 0 aromatic heterocycles. The molecule has 0 aromatic carbocycles. The Kier molecular flexibility index (Phi) is 7.09. The van der Waals surface area contributed by atoms with Crippen LogP contribution in [0.3, 0.4) is 0 Å². The van der Waals surface area contributed by atoms with Crippen molar-refractivity contribution in [3.63, 3.8) is 0 Å². The van der Waals surface area contributed by atoms with Crippen LogP contribution in [0.25, 0.3) is 0 Å². The molecule has 0 unspecified atom stereocenters. The third kappa shape index (κ3) is 7.75. The van der Waals surface area contributed by atoms with E-state index < -0.39 is 0 Å². The SMILES string of the molecule is CCOC(=S)NCCCN(C)C. The van der Waals surface area contributed by atoms with Crippen LogP contribution in [0.2, 0.25) is 0 Å². The van der Waals surface area contributed by atoms with E-state index in [0.29, 0.717) is 11.8 Å². The van der Waals surface area contributed by atoms with E-state index in [-0.39, 0.29) is 0 Å². The highest BCUT2D eigenvalue weighted by Crippen LogP contribution is 1.82. The average Bonchev–Trinajstić information content (AvgIpc) is 1.98. The molecule has 0 aliphatic heterocycles. The summed E-state index contributed by atoms with van der Waals surface area (Å²) in [5.41, 5.74) is 0. The van der Waals surface area contributed by atoms with Crippen LogP contribution in [0.15, 0.2) is 0 Å². The maximum atomic E-state index is 5.06. The second kappa shape index (κ2) is 7.31. The lowest BCUT2D eigenvalue weighted by Gasteiger charge is -2.10. The summed E-state index contributed by atoms with van der Waals surface area (Å²) in [7, 11) is 4.11. The molecule has 0 rings (SSSR count). The van der Waals surface area contributed by atoms with Gasteiger partial charge in [0.15, 0.2) is 0 Å². The molecule has 0 heterocycles. The molecule has 1 N–H and O–H groups in total. The molecule has 0 radical (unpaired) electrons.